The summed E-state index contributed by atoms with van der Waals surface area (Å²) < 4.78 is 2.00. The fraction of sp³-hybridized carbons (Fsp3) is 0.478. The Kier molecular flexibility index (Phi) is 6.81. The Morgan fingerprint density at radius 3 is 2.40 bits per heavy atom. The fourth-order valence-electron chi connectivity index (χ4n) is 4.29. The molecule has 3 aromatic rings. The standard InChI is InChI=1S/C23H31N7/c1-19(2)22(23-25-26-27-30(23)12-10-20-7-4-3-5-8-20)29-15-13-28(14-16-29)18-21-9-6-11-24-17-21/h3-9,11,17,19,22H,10,12-16,18H2,1-2H3/t22-/m1/s1. The summed E-state index contributed by atoms with van der Waals surface area (Å²) in [5.41, 5.74) is 2.58. The highest BCUT2D eigenvalue weighted by atomic mass is 15.6. The van der Waals surface area contributed by atoms with Gasteiger partial charge in [-0.05, 0) is 40.0 Å². The number of piperazine rings is 1. The first-order chi connectivity index (χ1) is 14.7. The van der Waals surface area contributed by atoms with Gasteiger partial charge >= 0.3 is 0 Å². The van der Waals surface area contributed by atoms with Crippen LogP contribution < -0.4 is 0 Å². The zero-order valence-electron chi connectivity index (χ0n) is 17.9. The van der Waals surface area contributed by atoms with Gasteiger partial charge in [-0.25, -0.2) is 4.68 Å². The largest absolute Gasteiger partial charge is 0.296 e. The number of pyridine rings is 1. The molecule has 1 aliphatic heterocycles. The van der Waals surface area contributed by atoms with Gasteiger partial charge in [0.25, 0.3) is 0 Å². The molecule has 1 saturated heterocycles. The van der Waals surface area contributed by atoms with Crippen LogP contribution in [-0.2, 0) is 19.5 Å². The maximum atomic E-state index is 4.45. The second-order valence-electron chi connectivity index (χ2n) is 8.36. The van der Waals surface area contributed by atoms with E-state index in [1.54, 1.807) is 0 Å². The van der Waals surface area contributed by atoms with E-state index in [0.717, 1.165) is 51.5 Å². The fourth-order valence-corrected chi connectivity index (χ4v) is 4.29. The lowest BCUT2D eigenvalue weighted by molar-refractivity contribution is 0.0661. The maximum absolute atomic E-state index is 4.45. The highest BCUT2D eigenvalue weighted by Crippen LogP contribution is 2.28. The monoisotopic (exact) mass is 405 g/mol. The average molecular weight is 406 g/mol. The van der Waals surface area contributed by atoms with Crippen molar-refractivity contribution in [1.29, 1.82) is 0 Å². The van der Waals surface area contributed by atoms with Crippen molar-refractivity contribution in [3.63, 3.8) is 0 Å². The summed E-state index contributed by atoms with van der Waals surface area (Å²) in [5, 5.41) is 12.8. The second-order valence-corrected chi connectivity index (χ2v) is 8.36. The van der Waals surface area contributed by atoms with Gasteiger partial charge in [0, 0.05) is 51.7 Å². The Bertz CT molecular complexity index is 886. The predicted octanol–water partition coefficient (Wildman–Crippen LogP) is 2.83. The normalized spacial score (nSPS) is 16.8. The predicted molar refractivity (Wildman–Crippen MR) is 117 cm³/mol. The van der Waals surface area contributed by atoms with Gasteiger partial charge in [-0.15, -0.1) is 5.10 Å². The molecule has 0 radical (unpaired) electrons. The van der Waals surface area contributed by atoms with Crippen LogP contribution in [0, 0.1) is 5.92 Å². The molecule has 1 aliphatic rings. The molecule has 0 amide bonds. The van der Waals surface area contributed by atoms with E-state index in [9.17, 15) is 0 Å². The van der Waals surface area contributed by atoms with Gasteiger partial charge < -0.3 is 0 Å². The lowest BCUT2D eigenvalue weighted by atomic mass is 10.0. The second kappa shape index (κ2) is 9.91. The van der Waals surface area contributed by atoms with Crippen molar-refractivity contribution in [2.45, 2.75) is 39.4 Å². The number of aromatic nitrogens is 5. The molecule has 0 saturated carbocycles. The number of benzene rings is 1. The summed E-state index contributed by atoms with van der Waals surface area (Å²) in [6.07, 6.45) is 4.73. The molecule has 2 aromatic heterocycles. The van der Waals surface area contributed by atoms with Crippen LogP contribution in [0.1, 0.15) is 36.8 Å². The van der Waals surface area contributed by atoms with Gasteiger partial charge in [-0.3, -0.25) is 14.8 Å². The third-order valence-electron chi connectivity index (χ3n) is 5.84. The van der Waals surface area contributed by atoms with Crippen molar-refractivity contribution in [2.75, 3.05) is 26.2 Å². The molecule has 4 rings (SSSR count). The van der Waals surface area contributed by atoms with E-state index in [4.69, 9.17) is 0 Å². The van der Waals surface area contributed by atoms with Crippen molar-refractivity contribution < 1.29 is 0 Å². The molecule has 0 N–H and O–H groups in total. The van der Waals surface area contributed by atoms with Crippen molar-refractivity contribution in [1.82, 2.24) is 35.0 Å². The van der Waals surface area contributed by atoms with Crippen LogP contribution in [0.5, 0.6) is 0 Å². The molecule has 3 heterocycles. The molecule has 0 aliphatic carbocycles. The molecule has 158 valence electrons. The smallest absolute Gasteiger partial charge is 0.168 e. The van der Waals surface area contributed by atoms with Crippen molar-refractivity contribution >= 4 is 0 Å². The van der Waals surface area contributed by atoms with E-state index in [-0.39, 0.29) is 6.04 Å². The summed E-state index contributed by atoms with van der Waals surface area (Å²) in [7, 11) is 0. The third kappa shape index (κ3) is 5.09. The SMILES string of the molecule is CC(C)[C@H](c1nnnn1CCc1ccccc1)N1CCN(Cc2cccnc2)CC1. The van der Waals surface area contributed by atoms with E-state index in [1.807, 2.05) is 23.1 Å². The number of nitrogens with zero attached hydrogens (tertiary/aromatic N) is 7. The Morgan fingerprint density at radius 1 is 0.933 bits per heavy atom. The van der Waals surface area contributed by atoms with Gasteiger partial charge in [0.1, 0.15) is 0 Å². The summed E-state index contributed by atoms with van der Waals surface area (Å²) in [5.74, 6) is 1.43. The number of rotatable bonds is 8. The van der Waals surface area contributed by atoms with Crippen molar-refractivity contribution in [3.8, 4) is 0 Å². The van der Waals surface area contributed by atoms with Gasteiger partial charge in [0.2, 0.25) is 0 Å². The van der Waals surface area contributed by atoms with Crippen LogP contribution in [0.4, 0.5) is 0 Å². The first-order valence-electron chi connectivity index (χ1n) is 10.9. The van der Waals surface area contributed by atoms with Crippen LogP contribution in [0.2, 0.25) is 0 Å². The van der Waals surface area contributed by atoms with Crippen molar-refractivity contribution in [3.05, 3.63) is 71.8 Å². The molecule has 0 bridgehead atoms. The van der Waals surface area contributed by atoms with E-state index in [2.05, 4.69) is 80.6 Å². The number of hydrogen-bond donors (Lipinski definition) is 0. The molecule has 1 atom stereocenters. The molecule has 0 spiro atoms. The van der Waals surface area contributed by atoms with Crippen LogP contribution in [0.15, 0.2) is 54.9 Å². The Balaban J connectivity index is 1.39. The van der Waals surface area contributed by atoms with E-state index < -0.39 is 0 Å². The van der Waals surface area contributed by atoms with E-state index in [0.29, 0.717) is 5.92 Å². The van der Waals surface area contributed by atoms with E-state index in [1.165, 1.54) is 11.1 Å². The summed E-state index contributed by atoms with van der Waals surface area (Å²) in [6.45, 7) is 10.4. The van der Waals surface area contributed by atoms with Crippen molar-refractivity contribution in [2.24, 2.45) is 5.92 Å². The minimum Gasteiger partial charge on any atom is -0.296 e. The minimum absolute atomic E-state index is 0.233. The van der Waals surface area contributed by atoms with Crippen LogP contribution in [-0.4, -0.2) is 61.2 Å². The molecular weight excluding hydrogens is 374 g/mol. The number of aryl methyl sites for hydroxylation is 2. The van der Waals surface area contributed by atoms with Crippen LogP contribution >= 0.6 is 0 Å². The minimum atomic E-state index is 0.233. The maximum Gasteiger partial charge on any atom is 0.168 e. The van der Waals surface area contributed by atoms with Gasteiger partial charge in [0.05, 0.1) is 6.04 Å². The summed E-state index contributed by atoms with van der Waals surface area (Å²) in [6, 6.07) is 14.9. The molecule has 0 unspecified atom stereocenters. The molecule has 7 nitrogen and oxygen atoms in total. The Morgan fingerprint density at radius 2 is 1.70 bits per heavy atom. The first-order valence-corrected chi connectivity index (χ1v) is 10.9. The summed E-state index contributed by atoms with van der Waals surface area (Å²) in [4.78, 5) is 9.29. The van der Waals surface area contributed by atoms with Gasteiger partial charge in [-0.2, -0.15) is 0 Å². The topological polar surface area (TPSA) is 63.0 Å². The van der Waals surface area contributed by atoms with E-state index >= 15 is 0 Å². The first kappa shape index (κ1) is 20.6. The highest BCUT2D eigenvalue weighted by Gasteiger charge is 2.31. The molecule has 1 aromatic carbocycles. The molecule has 30 heavy (non-hydrogen) atoms. The molecular formula is C23H31N7. The van der Waals surface area contributed by atoms with Crippen LogP contribution in [0.25, 0.3) is 0 Å². The third-order valence-corrected chi connectivity index (χ3v) is 5.84. The molecule has 7 heteroatoms. The Hall–Kier alpha value is -2.64. The van der Waals surface area contributed by atoms with Crippen LogP contribution in [0.3, 0.4) is 0 Å². The van der Waals surface area contributed by atoms with Gasteiger partial charge in [0.15, 0.2) is 5.82 Å². The lowest BCUT2D eigenvalue weighted by Crippen LogP contribution is -2.48. The average Bonchev–Trinajstić information content (AvgIpc) is 3.23. The molecule has 1 fully saturated rings. The number of tetrazole rings is 1. The van der Waals surface area contributed by atoms with Gasteiger partial charge in [-0.1, -0.05) is 50.2 Å². The zero-order valence-corrected chi connectivity index (χ0v) is 17.9. The zero-order chi connectivity index (χ0) is 20.8. The highest BCUT2D eigenvalue weighted by molar-refractivity contribution is 5.14. The quantitative estimate of drug-likeness (QED) is 0.574. The Labute approximate surface area is 178 Å². The number of hydrogen-bond acceptors (Lipinski definition) is 6. The summed E-state index contributed by atoms with van der Waals surface area (Å²) >= 11 is 0. The lowest BCUT2D eigenvalue weighted by Gasteiger charge is -2.40.